The number of carbonyl (C=O) groups is 1. The monoisotopic (exact) mass is 266 g/mol. The van der Waals surface area contributed by atoms with Crippen molar-refractivity contribution in [2.24, 2.45) is 5.92 Å². The number of hydrogen-bond donors (Lipinski definition) is 1. The molecule has 1 heterocycles. The van der Waals surface area contributed by atoms with Crippen LogP contribution < -0.4 is 5.32 Å². The van der Waals surface area contributed by atoms with Crippen molar-refractivity contribution in [1.82, 2.24) is 15.3 Å². The number of carbonyl (C=O) groups excluding carboxylic acids is 1. The summed E-state index contributed by atoms with van der Waals surface area (Å²) >= 11 is 0. The summed E-state index contributed by atoms with van der Waals surface area (Å²) in [7, 11) is 0. The first-order valence-electron chi connectivity index (χ1n) is 6.69. The van der Waals surface area contributed by atoms with E-state index in [0.29, 0.717) is 11.1 Å². The maximum absolute atomic E-state index is 12.2. The number of amides is 1. The molecule has 1 saturated carbocycles. The van der Waals surface area contributed by atoms with Crippen LogP contribution in [0.25, 0.3) is 11.0 Å². The van der Waals surface area contributed by atoms with E-state index in [1.165, 1.54) is 0 Å². The predicted octanol–water partition coefficient (Wildman–Crippen LogP) is 2.05. The fourth-order valence-electron chi connectivity index (χ4n) is 2.64. The maximum Gasteiger partial charge on any atom is 0.251 e. The van der Waals surface area contributed by atoms with Crippen LogP contribution >= 0.6 is 0 Å². The third kappa shape index (κ3) is 2.32. The molecule has 1 aliphatic carbocycles. The molecule has 5 nitrogen and oxygen atoms in total. The van der Waals surface area contributed by atoms with Crippen molar-refractivity contribution in [3.8, 4) is 6.07 Å². The van der Waals surface area contributed by atoms with Crippen LogP contribution in [0.3, 0.4) is 0 Å². The standard InChI is InChI=1S/C15H14N4O/c16-9-11-2-1-3-12(11)19-15(20)10-4-5-13-14(8-10)18-7-6-17-13/h4-8,11-12H,1-3H2,(H,19,20). The Kier molecular flexibility index (Phi) is 3.30. The molecule has 1 fully saturated rings. The van der Waals surface area contributed by atoms with Crippen LogP contribution in [-0.4, -0.2) is 21.9 Å². The molecule has 0 radical (unpaired) electrons. The average Bonchev–Trinajstić information content (AvgIpc) is 2.94. The van der Waals surface area contributed by atoms with E-state index in [9.17, 15) is 4.79 Å². The second-order valence-electron chi connectivity index (χ2n) is 5.01. The van der Waals surface area contributed by atoms with E-state index in [-0.39, 0.29) is 17.9 Å². The predicted molar refractivity (Wildman–Crippen MR) is 73.7 cm³/mol. The minimum Gasteiger partial charge on any atom is -0.348 e. The molecule has 2 unspecified atom stereocenters. The molecule has 1 amide bonds. The van der Waals surface area contributed by atoms with Crippen LogP contribution in [-0.2, 0) is 0 Å². The van der Waals surface area contributed by atoms with Crippen molar-refractivity contribution in [3.05, 3.63) is 36.2 Å². The molecular formula is C15H14N4O. The molecule has 2 atom stereocenters. The van der Waals surface area contributed by atoms with E-state index < -0.39 is 0 Å². The van der Waals surface area contributed by atoms with E-state index in [1.807, 2.05) is 0 Å². The Morgan fingerprint density at radius 2 is 2.05 bits per heavy atom. The number of nitrogens with one attached hydrogen (secondary N) is 1. The van der Waals surface area contributed by atoms with Gasteiger partial charge in [-0.3, -0.25) is 14.8 Å². The molecule has 0 aliphatic heterocycles. The number of aromatic nitrogens is 2. The third-order valence-electron chi connectivity index (χ3n) is 3.73. The summed E-state index contributed by atoms with van der Waals surface area (Å²) in [6.45, 7) is 0. The molecule has 3 rings (SSSR count). The highest BCUT2D eigenvalue weighted by atomic mass is 16.1. The Labute approximate surface area is 116 Å². The van der Waals surface area contributed by atoms with Gasteiger partial charge in [0.2, 0.25) is 0 Å². The lowest BCUT2D eigenvalue weighted by Crippen LogP contribution is -2.36. The fraction of sp³-hybridized carbons (Fsp3) is 0.333. The Hall–Kier alpha value is -2.48. The van der Waals surface area contributed by atoms with Gasteiger partial charge in [-0.15, -0.1) is 0 Å². The van der Waals surface area contributed by atoms with E-state index in [1.54, 1.807) is 30.6 Å². The quantitative estimate of drug-likeness (QED) is 0.902. The van der Waals surface area contributed by atoms with E-state index >= 15 is 0 Å². The zero-order valence-electron chi connectivity index (χ0n) is 10.9. The van der Waals surface area contributed by atoms with E-state index in [4.69, 9.17) is 5.26 Å². The Balaban J connectivity index is 1.80. The number of benzene rings is 1. The Bertz CT molecular complexity index is 692. The van der Waals surface area contributed by atoms with Gasteiger partial charge >= 0.3 is 0 Å². The molecular weight excluding hydrogens is 252 g/mol. The molecule has 100 valence electrons. The van der Waals surface area contributed by atoms with Crippen LogP contribution in [0.2, 0.25) is 0 Å². The molecule has 2 aromatic rings. The first-order chi connectivity index (χ1) is 9.78. The van der Waals surface area contributed by atoms with Gasteiger partial charge in [0.15, 0.2) is 0 Å². The second kappa shape index (κ2) is 5.25. The molecule has 1 aromatic carbocycles. The molecule has 20 heavy (non-hydrogen) atoms. The Morgan fingerprint density at radius 1 is 1.25 bits per heavy atom. The van der Waals surface area contributed by atoms with Crippen molar-refractivity contribution in [1.29, 1.82) is 5.26 Å². The number of rotatable bonds is 2. The zero-order valence-corrected chi connectivity index (χ0v) is 10.9. The number of nitrogens with zero attached hydrogens (tertiary/aromatic N) is 3. The minimum atomic E-state index is -0.148. The smallest absolute Gasteiger partial charge is 0.251 e. The molecule has 0 spiro atoms. The summed E-state index contributed by atoms with van der Waals surface area (Å²) in [4.78, 5) is 20.6. The second-order valence-corrected chi connectivity index (χ2v) is 5.01. The van der Waals surface area contributed by atoms with E-state index in [2.05, 4.69) is 21.4 Å². The first-order valence-corrected chi connectivity index (χ1v) is 6.69. The molecule has 1 N–H and O–H groups in total. The minimum absolute atomic E-state index is 0.0370. The molecule has 0 saturated heterocycles. The zero-order chi connectivity index (χ0) is 13.9. The van der Waals surface area contributed by atoms with Gasteiger partial charge in [-0.05, 0) is 37.5 Å². The van der Waals surface area contributed by atoms with Crippen molar-refractivity contribution >= 4 is 16.9 Å². The van der Waals surface area contributed by atoms with Crippen LogP contribution in [0.4, 0.5) is 0 Å². The highest BCUT2D eigenvalue weighted by molar-refractivity contribution is 5.97. The van der Waals surface area contributed by atoms with Crippen LogP contribution in [0.5, 0.6) is 0 Å². The van der Waals surface area contributed by atoms with Crippen LogP contribution in [0, 0.1) is 17.2 Å². The summed E-state index contributed by atoms with van der Waals surface area (Å²) in [5, 5.41) is 12.0. The SMILES string of the molecule is N#CC1CCCC1NC(=O)c1ccc2nccnc2c1. The van der Waals surface area contributed by atoms with Crippen molar-refractivity contribution < 1.29 is 4.79 Å². The van der Waals surface area contributed by atoms with Crippen molar-refractivity contribution in [3.63, 3.8) is 0 Å². The molecule has 5 heteroatoms. The van der Waals surface area contributed by atoms with Gasteiger partial charge in [0, 0.05) is 24.0 Å². The largest absolute Gasteiger partial charge is 0.348 e. The molecule has 1 aliphatic rings. The average molecular weight is 266 g/mol. The van der Waals surface area contributed by atoms with Gasteiger partial charge in [0.05, 0.1) is 23.0 Å². The number of hydrogen-bond acceptors (Lipinski definition) is 4. The lowest BCUT2D eigenvalue weighted by atomic mass is 10.1. The van der Waals surface area contributed by atoms with Gasteiger partial charge in [-0.2, -0.15) is 5.26 Å². The molecule has 1 aromatic heterocycles. The normalized spacial score (nSPS) is 21.6. The summed E-state index contributed by atoms with van der Waals surface area (Å²) < 4.78 is 0. The maximum atomic E-state index is 12.2. The van der Waals surface area contributed by atoms with Gasteiger partial charge in [0.25, 0.3) is 5.91 Å². The number of nitriles is 1. The van der Waals surface area contributed by atoms with Gasteiger partial charge in [0.1, 0.15) is 0 Å². The summed E-state index contributed by atoms with van der Waals surface area (Å²) in [5.74, 6) is -0.219. The third-order valence-corrected chi connectivity index (χ3v) is 3.73. The summed E-state index contributed by atoms with van der Waals surface area (Å²) in [6, 6.07) is 7.48. The van der Waals surface area contributed by atoms with Gasteiger partial charge in [-0.25, -0.2) is 0 Å². The van der Waals surface area contributed by atoms with Crippen LogP contribution in [0.1, 0.15) is 29.6 Å². The highest BCUT2D eigenvalue weighted by Gasteiger charge is 2.28. The highest BCUT2D eigenvalue weighted by Crippen LogP contribution is 2.25. The topological polar surface area (TPSA) is 78.7 Å². The summed E-state index contributed by atoms with van der Waals surface area (Å²) in [6.07, 6.45) is 5.96. The first kappa shape index (κ1) is 12.5. The lowest BCUT2D eigenvalue weighted by molar-refractivity contribution is 0.0933. The van der Waals surface area contributed by atoms with E-state index in [0.717, 1.165) is 24.8 Å². The fourth-order valence-corrected chi connectivity index (χ4v) is 2.64. The summed E-state index contributed by atoms with van der Waals surface area (Å²) in [5.41, 5.74) is 2.02. The van der Waals surface area contributed by atoms with Crippen LogP contribution in [0.15, 0.2) is 30.6 Å². The van der Waals surface area contributed by atoms with Gasteiger partial charge in [-0.1, -0.05) is 0 Å². The van der Waals surface area contributed by atoms with Crippen molar-refractivity contribution in [2.75, 3.05) is 0 Å². The lowest BCUT2D eigenvalue weighted by Gasteiger charge is -2.15. The van der Waals surface area contributed by atoms with Gasteiger partial charge < -0.3 is 5.32 Å². The van der Waals surface area contributed by atoms with Crippen molar-refractivity contribution in [2.45, 2.75) is 25.3 Å². The molecule has 0 bridgehead atoms. The number of fused-ring (bicyclic) bond motifs is 1. The Morgan fingerprint density at radius 3 is 2.85 bits per heavy atom.